The number of fused-ring (bicyclic) bond motifs is 1. The lowest BCUT2D eigenvalue weighted by atomic mass is 10.1. The van der Waals surface area contributed by atoms with Crippen LogP contribution >= 0.6 is 0 Å². The number of para-hydroxylation sites is 1. The van der Waals surface area contributed by atoms with Gasteiger partial charge in [-0.15, -0.1) is 0 Å². The summed E-state index contributed by atoms with van der Waals surface area (Å²) in [6, 6.07) is 15.4. The molecule has 1 amide bonds. The lowest BCUT2D eigenvalue weighted by Crippen LogP contribution is -2.55. The SMILES string of the molecule is C[C@H]1CN(CC2CCCCO2)CCN1C(=O)c1ccc(NS(=O)(=O)c2cccc3cccnc23)cc1. The number of sulfonamides is 1. The second-order valence-electron chi connectivity index (χ2n) is 9.61. The topological polar surface area (TPSA) is 91.8 Å². The number of benzene rings is 2. The number of piperazine rings is 1. The van der Waals surface area contributed by atoms with E-state index in [2.05, 4.69) is 21.5 Å². The van der Waals surface area contributed by atoms with Crippen molar-refractivity contribution in [2.24, 2.45) is 0 Å². The van der Waals surface area contributed by atoms with Gasteiger partial charge in [-0.3, -0.25) is 19.4 Å². The van der Waals surface area contributed by atoms with Crippen LogP contribution in [0.2, 0.25) is 0 Å². The lowest BCUT2D eigenvalue weighted by molar-refractivity contribution is -0.0187. The zero-order valence-electron chi connectivity index (χ0n) is 20.5. The van der Waals surface area contributed by atoms with Crippen LogP contribution in [0.25, 0.3) is 10.9 Å². The highest BCUT2D eigenvalue weighted by Crippen LogP contribution is 2.24. The summed E-state index contributed by atoms with van der Waals surface area (Å²) in [4.78, 5) is 21.9. The van der Waals surface area contributed by atoms with Gasteiger partial charge in [-0.25, -0.2) is 8.42 Å². The first kappa shape index (κ1) is 24.7. The van der Waals surface area contributed by atoms with Crippen LogP contribution in [0.4, 0.5) is 5.69 Å². The molecule has 0 radical (unpaired) electrons. The highest BCUT2D eigenvalue weighted by atomic mass is 32.2. The van der Waals surface area contributed by atoms with Gasteiger partial charge in [-0.1, -0.05) is 18.2 Å². The molecule has 8 nitrogen and oxygen atoms in total. The van der Waals surface area contributed by atoms with E-state index < -0.39 is 10.0 Å². The van der Waals surface area contributed by atoms with Gasteiger partial charge in [0.2, 0.25) is 0 Å². The Morgan fingerprint density at radius 2 is 1.89 bits per heavy atom. The van der Waals surface area contributed by atoms with Gasteiger partial charge in [0.1, 0.15) is 4.90 Å². The van der Waals surface area contributed by atoms with Crippen molar-refractivity contribution in [3.63, 3.8) is 0 Å². The van der Waals surface area contributed by atoms with E-state index in [1.807, 2.05) is 17.0 Å². The first-order chi connectivity index (χ1) is 17.4. The molecule has 0 saturated carbocycles. The van der Waals surface area contributed by atoms with Gasteiger partial charge in [0.25, 0.3) is 15.9 Å². The average Bonchev–Trinajstić information content (AvgIpc) is 2.89. The molecule has 3 heterocycles. The zero-order chi connectivity index (χ0) is 25.1. The number of aromatic nitrogens is 1. The second-order valence-corrected chi connectivity index (χ2v) is 11.3. The smallest absolute Gasteiger partial charge is 0.264 e. The number of anilines is 1. The van der Waals surface area contributed by atoms with Gasteiger partial charge in [0.15, 0.2) is 0 Å². The van der Waals surface area contributed by atoms with Crippen molar-refractivity contribution in [3.05, 3.63) is 66.4 Å². The molecule has 2 atom stereocenters. The van der Waals surface area contributed by atoms with E-state index in [9.17, 15) is 13.2 Å². The van der Waals surface area contributed by atoms with E-state index in [1.54, 1.807) is 42.6 Å². The molecule has 2 saturated heterocycles. The van der Waals surface area contributed by atoms with Crippen LogP contribution in [0, 0.1) is 0 Å². The van der Waals surface area contributed by atoms with E-state index >= 15 is 0 Å². The predicted octanol–water partition coefficient (Wildman–Crippen LogP) is 3.75. The molecule has 0 spiro atoms. The highest BCUT2D eigenvalue weighted by Gasteiger charge is 2.30. The number of nitrogens with one attached hydrogen (secondary N) is 1. The minimum absolute atomic E-state index is 0.0382. The largest absolute Gasteiger partial charge is 0.377 e. The Morgan fingerprint density at radius 3 is 2.64 bits per heavy atom. The van der Waals surface area contributed by atoms with Crippen LogP contribution in [0.5, 0.6) is 0 Å². The Morgan fingerprint density at radius 1 is 1.08 bits per heavy atom. The first-order valence-electron chi connectivity index (χ1n) is 12.5. The van der Waals surface area contributed by atoms with E-state index in [-0.39, 0.29) is 16.8 Å². The standard InChI is InChI=1S/C27H32N4O4S/c1-20-18-30(19-24-8-2-3-17-35-24)15-16-31(20)27(32)22-10-12-23(13-11-22)29-36(33,34)25-9-4-6-21-7-5-14-28-26(21)25/h4-7,9-14,20,24,29H,2-3,8,15-19H2,1H3/t20-,24?/m0/s1. The molecule has 3 aromatic rings. The molecule has 190 valence electrons. The molecule has 2 aromatic carbocycles. The number of amides is 1. The number of carbonyl (C=O) groups excluding carboxylic acids is 1. The van der Waals surface area contributed by atoms with Gasteiger partial charge >= 0.3 is 0 Å². The number of ether oxygens (including phenoxy) is 1. The molecule has 1 aromatic heterocycles. The number of hydrogen-bond donors (Lipinski definition) is 1. The van der Waals surface area contributed by atoms with E-state index in [0.717, 1.165) is 44.5 Å². The molecule has 2 aliphatic rings. The molecule has 0 aliphatic carbocycles. The van der Waals surface area contributed by atoms with E-state index in [4.69, 9.17) is 4.74 Å². The molecular weight excluding hydrogens is 476 g/mol. The van der Waals surface area contributed by atoms with Gasteiger partial charge < -0.3 is 9.64 Å². The maximum absolute atomic E-state index is 13.2. The number of pyridine rings is 1. The summed E-state index contributed by atoms with van der Waals surface area (Å²) in [6.07, 6.45) is 5.36. The Bertz CT molecular complexity index is 1320. The summed E-state index contributed by atoms with van der Waals surface area (Å²) in [5.74, 6) is -0.0382. The highest BCUT2D eigenvalue weighted by molar-refractivity contribution is 7.93. The van der Waals surface area contributed by atoms with Crippen LogP contribution in [0.15, 0.2) is 65.7 Å². The third kappa shape index (κ3) is 5.38. The third-order valence-corrected chi connectivity index (χ3v) is 8.39. The molecular formula is C27H32N4O4S. The number of nitrogens with zero attached hydrogens (tertiary/aromatic N) is 3. The van der Waals surface area contributed by atoms with Gasteiger partial charge in [-0.05, 0) is 62.6 Å². The third-order valence-electron chi connectivity index (χ3n) is 6.98. The van der Waals surface area contributed by atoms with Crippen molar-refractivity contribution in [2.45, 2.75) is 43.2 Å². The van der Waals surface area contributed by atoms with Crippen molar-refractivity contribution in [1.82, 2.24) is 14.8 Å². The monoisotopic (exact) mass is 508 g/mol. The molecule has 36 heavy (non-hydrogen) atoms. The first-order valence-corrected chi connectivity index (χ1v) is 14.0. The van der Waals surface area contributed by atoms with Gasteiger partial charge in [0.05, 0.1) is 11.6 Å². The molecule has 1 N–H and O–H groups in total. The molecule has 1 unspecified atom stereocenters. The lowest BCUT2D eigenvalue weighted by Gasteiger charge is -2.41. The molecule has 2 aliphatic heterocycles. The van der Waals surface area contributed by atoms with Crippen LogP contribution in [0.1, 0.15) is 36.5 Å². The zero-order valence-corrected chi connectivity index (χ0v) is 21.3. The molecule has 0 bridgehead atoms. The van der Waals surface area contributed by atoms with Gasteiger partial charge in [0, 0.05) is 61.7 Å². The van der Waals surface area contributed by atoms with E-state index in [1.165, 1.54) is 12.5 Å². The minimum atomic E-state index is -3.84. The summed E-state index contributed by atoms with van der Waals surface area (Å²) < 4.78 is 34.6. The van der Waals surface area contributed by atoms with Crippen LogP contribution in [-0.4, -0.2) is 74.0 Å². The summed E-state index contributed by atoms with van der Waals surface area (Å²) >= 11 is 0. The van der Waals surface area contributed by atoms with Crippen LogP contribution < -0.4 is 4.72 Å². The maximum atomic E-state index is 13.2. The fourth-order valence-corrected chi connectivity index (χ4v) is 6.33. The second kappa shape index (κ2) is 10.5. The Kier molecular flexibility index (Phi) is 7.22. The summed E-state index contributed by atoms with van der Waals surface area (Å²) in [5, 5.41) is 0.752. The molecule has 9 heteroatoms. The molecule has 2 fully saturated rings. The van der Waals surface area contributed by atoms with Crippen LogP contribution in [-0.2, 0) is 14.8 Å². The quantitative estimate of drug-likeness (QED) is 0.545. The summed E-state index contributed by atoms with van der Waals surface area (Å²) in [6.45, 7) is 6.16. The fraction of sp³-hybridized carbons (Fsp3) is 0.407. The normalized spacial score (nSPS) is 21.4. The average molecular weight is 509 g/mol. The number of hydrogen-bond acceptors (Lipinski definition) is 6. The Labute approximate surface area is 212 Å². The Hall–Kier alpha value is -3.01. The van der Waals surface area contributed by atoms with E-state index in [0.29, 0.717) is 29.4 Å². The van der Waals surface area contributed by atoms with Crippen LogP contribution in [0.3, 0.4) is 0 Å². The predicted molar refractivity (Wildman–Crippen MR) is 140 cm³/mol. The van der Waals surface area contributed by atoms with Gasteiger partial charge in [-0.2, -0.15) is 0 Å². The Balaban J connectivity index is 1.23. The summed E-state index contributed by atoms with van der Waals surface area (Å²) in [7, 11) is -3.84. The minimum Gasteiger partial charge on any atom is -0.377 e. The van der Waals surface area contributed by atoms with Crippen molar-refractivity contribution in [1.29, 1.82) is 0 Å². The van der Waals surface area contributed by atoms with Crippen molar-refractivity contribution in [3.8, 4) is 0 Å². The van der Waals surface area contributed by atoms with Crippen molar-refractivity contribution >= 4 is 32.5 Å². The summed E-state index contributed by atoms with van der Waals surface area (Å²) in [5.41, 5.74) is 1.35. The van der Waals surface area contributed by atoms with Crippen molar-refractivity contribution in [2.75, 3.05) is 37.5 Å². The number of rotatable bonds is 6. The fourth-order valence-electron chi connectivity index (χ4n) is 5.09. The molecule has 5 rings (SSSR count). The number of carbonyl (C=O) groups is 1. The van der Waals surface area contributed by atoms with Crippen molar-refractivity contribution < 1.29 is 17.9 Å². The maximum Gasteiger partial charge on any atom is 0.264 e.